The molecule has 58 heavy (non-hydrogen) atoms. The van der Waals surface area contributed by atoms with Crippen molar-refractivity contribution in [3.8, 4) is 0 Å². The first kappa shape index (κ1) is 53.1. The third-order valence-corrected chi connectivity index (χ3v) is 10.0. The molecule has 1 aliphatic rings. The smallest absolute Gasteiger partial charge is 0.306 e. The predicted molar refractivity (Wildman–Crippen MR) is 228 cm³/mol. The number of aliphatic hydroxyl groups is 3. The van der Waals surface area contributed by atoms with Gasteiger partial charge >= 0.3 is 11.9 Å². The van der Waals surface area contributed by atoms with Crippen molar-refractivity contribution in [2.75, 3.05) is 19.0 Å². The first-order valence-electron chi connectivity index (χ1n) is 21.5. The summed E-state index contributed by atoms with van der Waals surface area (Å²) in [5.41, 5.74) is 0. The minimum Gasteiger partial charge on any atom is -0.462 e. The van der Waals surface area contributed by atoms with Crippen molar-refractivity contribution in [1.82, 2.24) is 0 Å². The van der Waals surface area contributed by atoms with Gasteiger partial charge in [-0.25, -0.2) is 0 Å². The van der Waals surface area contributed by atoms with E-state index in [1.165, 1.54) is 19.3 Å². The first-order chi connectivity index (χ1) is 28.0. The van der Waals surface area contributed by atoms with Gasteiger partial charge < -0.3 is 34.3 Å². The van der Waals surface area contributed by atoms with E-state index in [1.807, 2.05) is 0 Å². The fourth-order valence-corrected chi connectivity index (χ4v) is 6.62. The lowest BCUT2D eigenvalue weighted by Crippen LogP contribution is -2.60. The van der Waals surface area contributed by atoms with Crippen LogP contribution in [0.3, 0.4) is 0 Å². The molecule has 2 unspecified atom stereocenters. The van der Waals surface area contributed by atoms with E-state index >= 15 is 0 Å². The van der Waals surface area contributed by atoms with E-state index < -0.39 is 71.2 Å². The van der Waals surface area contributed by atoms with Crippen LogP contribution >= 0.6 is 0 Å². The molecule has 0 aromatic carbocycles. The van der Waals surface area contributed by atoms with Crippen LogP contribution < -0.4 is 0 Å². The van der Waals surface area contributed by atoms with Gasteiger partial charge in [0.05, 0.1) is 6.61 Å². The van der Waals surface area contributed by atoms with Crippen molar-refractivity contribution in [2.24, 2.45) is 0 Å². The Morgan fingerprint density at radius 3 is 1.66 bits per heavy atom. The van der Waals surface area contributed by atoms with Gasteiger partial charge in [0.2, 0.25) is 0 Å². The van der Waals surface area contributed by atoms with Gasteiger partial charge in [0.15, 0.2) is 12.4 Å². The van der Waals surface area contributed by atoms with Crippen molar-refractivity contribution in [3.63, 3.8) is 0 Å². The number of hydrogen-bond donors (Lipinski definition) is 4. The van der Waals surface area contributed by atoms with E-state index in [-0.39, 0.29) is 19.4 Å². The van der Waals surface area contributed by atoms with Crippen LogP contribution in [-0.2, 0) is 38.7 Å². The van der Waals surface area contributed by atoms with Crippen LogP contribution in [0.5, 0.6) is 0 Å². The molecule has 0 aliphatic carbocycles. The Labute approximate surface area is 348 Å². The van der Waals surface area contributed by atoms with Crippen LogP contribution in [0.2, 0.25) is 0 Å². The highest BCUT2D eigenvalue weighted by Gasteiger charge is 2.46. The average molecular weight is 839 g/mol. The fourth-order valence-electron chi connectivity index (χ4n) is 5.93. The molecule has 0 spiro atoms. The molecule has 0 amide bonds. The van der Waals surface area contributed by atoms with Gasteiger partial charge in [-0.2, -0.15) is 8.42 Å². The van der Waals surface area contributed by atoms with Crippen LogP contribution in [0.4, 0.5) is 0 Å². The second kappa shape index (κ2) is 34.9. The van der Waals surface area contributed by atoms with Gasteiger partial charge in [-0.05, 0) is 83.5 Å². The maximum absolute atomic E-state index is 12.8. The number of unbranched alkanes of at least 4 members (excludes halogenated alkanes) is 10. The summed E-state index contributed by atoms with van der Waals surface area (Å²) in [6.45, 7) is 3.55. The summed E-state index contributed by atoms with van der Waals surface area (Å²) in [6, 6.07) is 0. The minimum atomic E-state index is -4.61. The summed E-state index contributed by atoms with van der Waals surface area (Å²) < 4.78 is 53.9. The van der Waals surface area contributed by atoms with Crippen LogP contribution in [0.1, 0.15) is 142 Å². The van der Waals surface area contributed by atoms with E-state index in [9.17, 15) is 37.9 Å². The molecule has 1 aliphatic heterocycles. The molecule has 0 aromatic heterocycles. The van der Waals surface area contributed by atoms with Gasteiger partial charge in [-0.15, -0.1) is 0 Å². The third kappa shape index (κ3) is 29.3. The molecule has 332 valence electrons. The van der Waals surface area contributed by atoms with Crippen molar-refractivity contribution in [1.29, 1.82) is 0 Å². The Morgan fingerprint density at radius 1 is 0.603 bits per heavy atom. The third-order valence-electron chi connectivity index (χ3n) is 9.27. The number of ether oxygens (including phenoxy) is 4. The molecule has 1 rings (SSSR count). The van der Waals surface area contributed by atoms with Crippen LogP contribution in [0.25, 0.3) is 0 Å². The maximum atomic E-state index is 12.8. The number of carbonyl (C=O) groups excluding carboxylic acids is 2. The summed E-state index contributed by atoms with van der Waals surface area (Å²) >= 11 is 0. The van der Waals surface area contributed by atoms with Crippen molar-refractivity contribution in [3.05, 3.63) is 72.9 Å². The lowest BCUT2D eigenvalue weighted by atomic mass is 10.00. The summed E-state index contributed by atoms with van der Waals surface area (Å²) in [5.74, 6) is -2.07. The molecule has 12 nitrogen and oxygen atoms in total. The van der Waals surface area contributed by atoms with Crippen LogP contribution in [0, 0.1) is 0 Å². The zero-order valence-electron chi connectivity index (χ0n) is 35.1. The summed E-state index contributed by atoms with van der Waals surface area (Å²) in [7, 11) is -4.61. The topological polar surface area (TPSA) is 186 Å². The van der Waals surface area contributed by atoms with Crippen LogP contribution in [-0.4, -0.2) is 96.0 Å². The van der Waals surface area contributed by atoms with E-state index in [1.54, 1.807) is 0 Å². The molecule has 4 N–H and O–H groups in total. The lowest BCUT2D eigenvalue weighted by Gasteiger charge is -2.40. The molecular weight excluding hydrogens is 765 g/mol. The molecule has 1 saturated heterocycles. The standard InChI is InChI=1S/C45H74O12S/c1-3-5-7-9-11-13-15-17-19-21-23-25-27-29-31-33-40(46)54-35-38(36-55-45-44(50)43(49)42(48)39(57-45)37-58(51,52)53)56-41(47)34-32-30-28-26-24-22-20-18-16-14-12-10-8-6-4-2/h6,8,11-14,17-20,23,25,38-39,42-45,48-50H,3-5,7,9-10,15-16,21-22,24,26-37H2,1-2H3,(H,51,52,53)/b8-6+,13-11+,14-12+,19-17+,20-18+,25-23+/t38-,39-,42-,43?,44?,45+/m1/s1. The van der Waals surface area contributed by atoms with Gasteiger partial charge in [0.25, 0.3) is 10.1 Å². The minimum absolute atomic E-state index is 0.132. The predicted octanol–water partition coefficient (Wildman–Crippen LogP) is 8.33. The monoisotopic (exact) mass is 838 g/mol. The molecular formula is C45H74O12S. The lowest BCUT2D eigenvalue weighted by molar-refractivity contribution is -0.297. The summed E-state index contributed by atoms with van der Waals surface area (Å²) in [4.78, 5) is 25.3. The van der Waals surface area contributed by atoms with E-state index in [2.05, 4.69) is 86.8 Å². The van der Waals surface area contributed by atoms with E-state index in [0.29, 0.717) is 12.8 Å². The molecule has 1 fully saturated rings. The van der Waals surface area contributed by atoms with E-state index in [0.717, 1.165) is 83.5 Å². The zero-order valence-corrected chi connectivity index (χ0v) is 35.9. The molecule has 0 aromatic rings. The average Bonchev–Trinajstić information content (AvgIpc) is 3.18. The van der Waals surface area contributed by atoms with Crippen LogP contribution in [0.15, 0.2) is 72.9 Å². The van der Waals surface area contributed by atoms with E-state index in [4.69, 9.17) is 18.9 Å². The molecule has 1 heterocycles. The Bertz CT molecular complexity index is 1350. The van der Waals surface area contributed by atoms with Gasteiger partial charge in [-0.3, -0.25) is 14.1 Å². The van der Waals surface area contributed by atoms with Gasteiger partial charge in [-0.1, -0.05) is 119 Å². The number of hydrogen-bond acceptors (Lipinski definition) is 11. The largest absolute Gasteiger partial charge is 0.462 e. The van der Waals surface area contributed by atoms with Crippen molar-refractivity contribution in [2.45, 2.75) is 179 Å². The number of rotatable bonds is 34. The Hall–Kier alpha value is -2.91. The van der Waals surface area contributed by atoms with Gasteiger partial charge in [0.1, 0.15) is 36.8 Å². The molecule has 6 atom stereocenters. The molecule has 0 bridgehead atoms. The summed E-state index contributed by atoms with van der Waals surface area (Å²) in [6.07, 6.45) is 33.8. The fraction of sp³-hybridized carbons (Fsp3) is 0.689. The Morgan fingerprint density at radius 2 is 1.09 bits per heavy atom. The molecule has 0 radical (unpaired) electrons. The Balaban J connectivity index is 2.52. The highest BCUT2D eigenvalue weighted by Crippen LogP contribution is 2.24. The molecule has 13 heteroatoms. The number of carbonyl (C=O) groups is 2. The van der Waals surface area contributed by atoms with Gasteiger partial charge in [0, 0.05) is 12.8 Å². The second-order valence-corrected chi connectivity index (χ2v) is 16.1. The highest BCUT2D eigenvalue weighted by molar-refractivity contribution is 7.85. The Kier molecular flexibility index (Phi) is 32.0. The quantitative estimate of drug-likeness (QED) is 0.0210. The maximum Gasteiger partial charge on any atom is 0.306 e. The highest BCUT2D eigenvalue weighted by atomic mass is 32.2. The normalized spacial score (nSPS) is 21.1. The number of aliphatic hydroxyl groups excluding tert-OH is 3. The van der Waals surface area contributed by atoms with Crippen molar-refractivity contribution >= 4 is 22.1 Å². The SMILES string of the molecule is CC/C=C/C/C=C/C/C=C/CCCCCCCC(=O)O[C@H](COC(=O)CCCC/C=C/C/C=C/C/C=C/CCCCC)CO[C@H]1O[C@H](CS(=O)(=O)O)[C@@H](O)C(O)C1O. The summed E-state index contributed by atoms with van der Waals surface area (Å²) in [5, 5.41) is 30.8. The second-order valence-electron chi connectivity index (χ2n) is 14.6. The number of esters is 2. The zero-order chi connectivity index (χ0) is 42.7. The first-order valence-corrected chi connectivity index (χ1v) is 23.1. The van der Waals surface area contributed by atoms with Crippen molar-refractivity contribution < 1.29 is 56.8 Å². The number of allylic oxidation sites excluding steroid dienone is 12. The molecule has 0 saturated carbocycles.